The second-order valence-electron chi connectivity index (χ2n) is 7.68. The molecular formula is C15H24N2O17P2. The Morgan fingerprint density at radius 3 is 2.17 bits per heavy atom. The topological polar surface area (TPSA) is 297 Å². The molecule has 9 N–H and O–H groups in total. The minimum absolute atomic E-state index is 0.723. The van der Waals surface area contributed by atoms with E-state index in [1.54, 1.807) is 0 Å². The Balaban J connectivity index is 1.61. The van der Waals surface area contributed by atoms with Crippen molar-refractivity contribution in [3.05, 3.63) is 33.1 Å². The first kappa shape index (κ1) is 29.2. The van der Waals surface area contributed by atoms with Crippen molar-refractivity contribution in [2.75, 3.05) is 13.2 Å². The van der Waals surface area contributed by atoms with Crippen LogP contribution in [0.2, 0.25) is 0 Å². The molecule has 2 aliphatic heterocycles. The normalized spacial score (nSPS) is 38.4. The van der Waals surface area contributed by atoms with Gasteiger partial charge in [-0.25, -0.2) is 13.9 Å². The van der Waals surface area contributed by atoms with Crippen molar-refractivity contribution in [1.82, 2.24) is 9.55 Å². The Bertz CT molecular complexity index is 1120. The van der Waals surface area contributed by atoms with Gasteiger partial charge in [-0.1, -0.05) is 0 Å². The van der Waals surface area contributed by atoms with Gasteiger partial charge in [0.15, 0.2) is 12.5 Å². The fourth-order valence-electron chi connectivity index (χ4n) is 3.35. The van der Waals surface area contributed by atoms with Gasteiger partial charge in [0.05, 0.1) is 13.2 Å². The summed E-state index contributed by atoms with van der Waals surface area (Å²) in [6.07, 6.45) is -15.4. The SMILES string of the molecule is O=c1ccn(C2O[C@H](COP(=O)(O)OP(=O)(O)O[C@@H]3O[C@H](CO)[C@H](O)[C@H](O)[C@H]3O)[C@@H](O)[C@H]2O)c(=O)[nH]1. The maximum Gasteiger partial charge on any atom is 0.483 e. The van der Waals surface area contributed by atoms with Crippen LogP contribution in [0.5, 0.6) is 0 Å². The predicted molar refractivity (Wildman–Crippen MR) is 109 cm³/mol. The summed E-state index contributed by atoms with van der Waals surface area (Å²) in [5, 5.41) is 58.6. The molecule has 19 nitrogen and oxygen atoms in total. The minimum atomic E-state index is -5.59. The molecule has 36 heavy (non-hydrogen) atoms. The molecule has 0 spiro atoms. The van der Waals surface area contributed by atoms with Gasteiger partial charge in [-0.15, -0.1) is 0 Å². The molecule has 0 aliphatic carbocycles. The van der Waals surface area contributed by atoms with E-state index in [4.69, 9.17) is 14.6 Å². The van der Waals surface area contributed by atoms with E-state index in [0.29, 0.717) is 0 Å². The van der Waals surface area contributed by atoms with Crippen LogP contribution in [-0.2, 0) is 32.0 Å². The van der Waals surface area contributed by atoms with Crippen molar-refractivity contribution in [3.63, 3.8) is 0 Å². The average Bonchev–Trinajstić information content (AvgIpc) is 3.06. The lowest BCUT2D eigenvalue weighted by molar-refractivity contribution is -0.280. The van der Waals surface area contributed by atoms with E-state index in [9.17, 15) is 54.0 Å². The third kappa shape index (κ3) is 6.54. The fourth-order valence-corrected chi connectivity index (χ4v) is 5.51. The molecule has 21 heteroatoms. The van der Waals surface area contributed by atoms with Crippen LogP contribution >= 0.6 is 15.6 Å². The molecule has 3 rings (SSSR count). The Morgan fingerprint density at radius 1 is 0.917 bits per heavy atom. The molecule has 0 aromatic carbocycles. The van der Waals surface area contributed by atoms with Crippen molar-refractivity contribution in [2.24, 2.45) is 0 Å². The largest absolute Gasteiger partial charge is 0.483 e. The highest BCUT2D eigenvalue weighted by Gasteiger charge is 2.49. The molecule has 11 atom stereocenters. The number of aliphatic hydroxyl groups excluding tert-OH is 6. The summed E-state index contributed by atoms with van der Waals surface area (Å²) in [5.74, 6) is 0. The van der Waals surface area contributed by atoms with Gasteiger partial charge >= 0.3 is 21.3 Å². The smallest absolute Gasteiger partial charge is 0.394 e. The lowest BCUT2D eigenvalue weighted by Gasteiger charge is -2.39. The van der Waals surface area contributed by atoms with Crippen LogP contribution in [0, 0.1) is 0 Å². The minimum Gasteiger partial charge on any atom is -0.394 e. The van der Waals surface area contributed by atoms with Crippen LogP contribution in [0.3, 0.4) is 0 Å². The second kappa shape index (κ2) is 11.2. The molecule has 1 aromatic rings. The van der Waals surface area contributed by atoms with Crippen molar-refractivity contribution >= 4 is 15.6 Å². The van der Waals surface area contributed by atoms with Crippen LogP contribution in [0.4, 0.5) is 0 Å². The summed E-state index contributed by atoms with van der Waals surface area (Å²) in [6, 6.07) is 0.928. The number of rotatable bonds is 9. The molecular weight excluding hydrogens is 542 g/mol. The van der Waals surface area contributed by atoms with Gasteiger partial charge < -0.3 is 49.9 Å². The van der Waals surface area contributed by atoms with Gasteiger partial charge in [-0.2, -0.15) is 4.31 Å². The number of ether oxygens (including phenoxy) is 2. The number of hydrogen-bond donors (Lipinski definition) is 9. The van der Waals surface area contributed by atoms with E-state index in [1.807, 2.05) is 4.98 Å². The van der Waals surface area contributed by atoms with Crippen LogP contribution < -0.4 is 11.2 Å². The monoisotopic (exact) mass is 566 g/mol. The van der Waals surface area contributed by atoms with E-state index in [-0.39, 0.29) is 0 Å². The number of nitrogens with zero attached hydrogens (tertiary/aromatic N) is 1. The number of phosphoric ester groups is 2. The molecule has 2 aliphatic rings. The number of nitrogens with one attached hydrogen (secondary N) is 1. The second-order valence-corrected chi connectivity index (χ2v) is 10.7. The molecule has 0 saturated carbocycles. The summed E-state index contributed by atoms with van der Waals surface area (Å²) in [4.78, 5) is 44.5. The molecule has 0 bridgehead atoms. The van der Waals surface area contributed by atoms with Gasteiger partial charge in [-0.3, -0.25) is 23.4 Å². The standard InChI is InChI=1S/C15H24N2O17P2/c18-3-5-8(20)10(22)12(24)14(32-5)33-36(28,29)34-35(26,27)30-4-6-9(21)11(23)13(31-6)17-2-1-7(19)16-15(17)25/h1-2,5-6,8-14,18,20-24H,3-4H2,(H,26,27)(H,28,29)(H,16,19,25)/t5-,6-,8+,9-,10+,11-,12-,13?,14+/m1/s1. The molecule has 206 valence electrons. The Labute approximate surface area is 199 Å². The summed E-state index contributed by atoms with van der Waals surface area (Å²) >= 11 is 0. The molecule has 0 radical (unpaired) electrons. The van der Waals surface area contributed by atoms with Crippen LogP contribution in [0.25, 0.3) is 0 Å². The van der Waals surface area contributed by atoms with E-state index in [0.717, 1.165) is 16.8 Å². The zero-order valence-electron chi connectivity index (χ0n) is 17.9. The summed E-state index contributed by atoms with van der Waals surface area (Å²) in [5.41, 5.74) is -1.75. The molecule has 2 fully saturated rings. The summed E-state index contributed by atoms with van der Waals surface area (Å²) < 4.78 is 48.1. The molecule has 2 saturated heterocycles. The van der Waals surface area contributed by atoms with Gasteiger partial charge in [0.1, 0.15) is 42.7 Å². The van der Waals surface area contributed by atoms with Gasteiger partial charge in [-0.05, 0) is 0 Å². The maximum absolute atomic E-state index is 12.2. The first-order chi connectivity index (χ1) is 16.7. The maximum atomic E-state index is 12.2. The van der Waals surface area contributed by atoms with E-state index in [2.05, 4.69) is 13.4 Å². The van der Waals surface area contributed by atoms with Gasteiger partial charge in [0, 0.05) is 12.3 Å². The first-order valence-corrected chi connectivity index (χ1v) is 13.0. The summed E-state index contributed by atoms with van der Waals surface area (Å²) in [6.45, 7) is -1.93. The third-order valence-electron chi connectivity index (χ3n) is 5.16. The zero-order chi connectivity index (χ0) is 27.0. The number of aromatic nitrogens is 2. The number of aliphatic hydroxyl groups is 6. The number of hydrogen-bond acceptors (Lipinski definition) is 15. The first-order valence-electron chi connectivity index (χ1n) is 9.99. The summed E-state index contributed by atoms with van der Waals surface area (Å²) in [7, 11) is -11.1. The van der Waals surface area contributed by atoms with Crippen LogP contribution in [-0.4, -0.2) is 112 Å². The highest BCUT2D eigenvalue weighted by atomic mass is 31.3. The molecule has 3 heterocycles. The third-order valence-corrected chi connectivity index (χ3v) is 7.76. The predicted octanol–water partition coefficient (Wildman–Crippen LogP) is -4.79. The van der Waals surface area contributed by atoms with Crippen molar-refractivity contribution in [3.8, 4) is 0 Å². The van der Waals surface area contributed by atoms with Crippen LogP contribution in [0.15, 0.2) is 21.9 Å². The lowest BCUT2D eigenvalue weighted by atomic mass is 10.00. The molecule has 0 amide bonds. The fraction of sp³-hybridized carbons (Fsp3) is 0.733. The van der Waals surface area contributed by atoms with E-state index < -0.39 is 95.4 Å². The highest BCUT2D eigenvalue weighted by Crippen LogP contribution is 2.61. The molecule has 3 unspecified atom stereocenters. The van der Waals surface area contributed by atoms with E-state index in [1.165, 1.54) is 0 Å². The van der Waals surface area contributed by atoms with Crippen molar-refractivity contribution in [2.45, 2.75) is 55.2 Å². The number of aromatic amines is 1. The van der Waals surface area contributed by atoms with Gasteiger partial charge in [0.2, 0.25) is 0 Å². The van der Waals surface area contributed by atoms with Gasteiger partial charge in [0.25, 0.3) is 5.56 Å². The van der Waals surface area contributed by atoms with E-state index >= 15 is 0 Å². The zero-order valence-corrected chi connectivity index (χ0v) is 19.6. The van der Waals surface area contributed by atoms with Crippen molar-refractivity contribution in [1.29, 1.82) is 0 Å². The number of H-pyrrole nitrogens is 1. The lowest BCUT2D eigenvalue weighted by Crippen LogP contribution is -2.58. The Morgan fingerprint density at radius 2 is 1.56 bits per heavy atom. The molecule has 1 aromatic heterocycles. The Hall–Kier alpha value is -1.38. The van der Waals surface area contributed by atoms with Crippen molar-refractivity contribution < 1.29 is 72.4 Å². The quantitative estimate of drug-likeness (QED) is 0.127. The Kier molecular flexibility index (Phi) is 9.05. The van der Waals surface area contributed by atoms with Crippen LogP contribution in [0.1, 0.15) is 6.23 Å². The highest BCUT2D eigenvalue weighted by molar-refractivity contribution is 7.61. The average molecular weight is 566 g/mol. The number of phosphoric acid groups is 2.